The van der Waals surface area contributed by atoms with Crippen molar-refractivity contribution in [2.75, 3.05) is 11.9 Å². The van der Waals surface area contributed by atoms with Crippen LogP contribution in [0.1, 0.15) is 6.92 Å². The third kappa shape index (κ3) is 1.72. The van der Waals surface area contributed by atoms with E-state index < -0.39 is 0 Å². The maximum Gasteiger partial charge on any atom is 0.148 e. The SMILES string of the molecule is CCNc1cc(-c2cccs2)[nH]n1. The van der Waals surface area contributed by atoms with Crippen molar-refractivity contribution in [1.29, 1.82) is 0 Å². The molecule has 2 N–H and O–H groups in total. The summed E-state index contributed by atoms with van der Waals surface area (Å²) in [4.78, 5) is 1.22. The Morgan fingerprint density at radius 1 is 1.62 bits per heavy atom. The van der Waals surface area contributed by atoms with E-state index in [1.54, 1.807) is 11.3 Å². The summed E-state index contributed by atoms with van der Waals surface area (Å²) < 4.78 is 0. The van der Waals surface area contributed by atoms with Crippen LogP contribution in [0.25, 0.3) is 10.6 Å². The largest absolute Gasteiger partial charge is 0.369 e. The molecule has 0 aromatic carbocycles. The number of nitrogens with zero attached hydrogens (tertiary/aromatic N) is 1. The second-order valence-electron chi connectivity index (χ2n) is 2.67. The van der Waals surface area contributed by atoms with Gasteiger partial charge in [0.1, 0.15) is 5.82 Å². The van der Waals surface area contributed by atoms with Crippen LogP contribution in [0.3, 0.4) is 0 Å². The van der Waals surface area contributed by atoms with Gasteiger partial charge in [0.2, 0.25) is 0 Å². The normalized spacial score (nSPS) is 10.2. The molecule has 0 aliphatic heterocycles. The van der Waals surface area contributed by atoms with Crippen molar-refractivity contribution in [3.63, 3.8) is 0 Å². The fraction of sp³-hybridized carbons (Fsp3) is 0.222. The molecule has 0 radical (unpaired) electrons. The minimum atomic E-state index is 0.898. The van der Waals surface area contributed by atoms with E-state index in [9.17, 15) is 0 Å². The van der Waals surface area contributed by atoms with Crippen molar-refractivity contribution in [2.45, 2.75) is 6.92 Å². The molecule has 68 valence electrons. The van der Waals surface area contributed by atoms with Gasteiger partial charge in [-0.05, 0) is 18.4 Å². The van der Waals surface area contributed by atoms with Gasteiger partial charge in [-0.15, -0.1) is 11.3 Å². The van der Waals surface area contributed by atoms with Gasteiger partial charge in [0, 0.05) is 12.6 Å². The van der Waals surface area contributed by atoms with Crippen LogP contribution in [-0.2, 0) is 0 Å². The zero-order chi connectivity index (χ0) is 9.10. The summed E-state index contributed by atoms with van der Waals surface area (Å²) in [6.45, 7) is 2.95. The highest BCUT2D eigenvalue weighted by atomic mass is 32.1. The fourth-order valence-corrected chi connectivity index (χ4v) is 1.84. The molecule has 0 aliphatic rings. The third-order valence-corrected chi connectivity index (χ3v) is 2.63. The van der Waals surface area contributed by atoms with E-state index in [1.165, 1.54) is 4.88 Å². The number of nitrogens with one attached hydrogen (secondary N) is 2. The molecule has 13 heavy (non-hydrogen) atoms. The molecule has 0 saturated heterocycles. The lowest BCUT2D eigenvalue weighted by Crippen LogP contribution is -1.95. The molecule has 2 heterocycles. The minimum Gasteiger partial charge on any atom is -0.369 e. The van der Waals surface area contributed by atoms with Gasteiger partial charge in [0.05, 0.1) is 10.6 Å². The molecule has 2 aromatic rings. The van der Waals surface area contributed by atoms with Gasteiger partial charge in [-0.1, -0.05) is 6.07 Å². The van der Waals surface area contributed by atoms with Crippen LogP contribution in [-0.4, -0.2) is 16.7 Å². The maximum absolute atomic E-state index is 4.13. The highest BCUT2D eigenvalue weighted by Crippen LogP contribution is 2.24. The number of aromatic nitrogens is 2. The Kier molecular flexibility index (Phi) is 2.31. The molecule has 0 saturated carbocycles. The average Bonchev–Trinajstić information content (AvgIpc) is 2.70. The first-order valence-corrected chi connectivity index (χ1v) is 5.11. The lowest BCUT2D eigenvalue weighted by Gasteiger charge is -1.92. The molecule has 2 rings (SSSR count). The van der Waals surface area contributed by atoms with Crippen LogP contribution in [0.5, 0.6) is 0 Å². The summed E-state index contributed by atoms with van der Waals surface area (Å²) in [5.41, 5.74) is 1.07. The van der Waals surface area contributed by atoms with E-state index in [4.69, 9.17) is 0 Å². The van der Waals surface area contributed by atoms with Crippen molar-refractivity contribution in [2.24, 2.45) is 0 Å². The van der Waals surface area contributed by atoms with Gasteiger partial charge in [-0.2, -0.15) is 5.10 Å². The van der Waals surface area contributed by atoms with Crippen molar-refractivity contribution in [3.8, 4) is 10.6 Å². The lowest BCUT2D eigenvalue weighted by molar-refractivity contribution is 1.07. The summed E-state index contributed by atoms with van der Waals surface area (Å²) in [6, 6.07) is 6.14. The Morgan fingerprint density at radius 2 is 2.54 bits per heavy atom. The average molecular weight is 193 g/mol. The maximum atomic E-state index is 4.13. The lowest BCUT2D eigenvalue weighted by atomic mass is 10.3. The monoisotopic (exact) mass is 193 g/mol. The number of anilines is 1. The number of aromatic amines is 1. The molecule has 4 heteroatoms. The van der Waals surface area contributed by atoms with Crippen LogP contribution in [0, 0.1) is 0 Å². The Balaban J connectivity index is 2.23. The minimum absolute atomic E-state index is 0.898. The number of rotatable bonds is 3. The molecule has 0 spiro atoms. The fourth-order valence-electron chi connectivity index (χ4n) is 1.15. The first-order chi connectivity index (χ1) is 6.40. The summed E-state index contributed by atoms with van der Waals surface area (Å²) in [6.07, 6.45) is 0. The number of hydrogen-bond acceptors (Lipinski definition) is 3. The summed E-state index contributed by atoms with van der Waals surface area (Å²) in [5.74, 6) is 0.908. The highest BCUT2D eigenvalue weighted by molar-refractivity contribution is 7.13. The van der Waals surface area contributed by atoms with E-state index in [0.717, 1.165) is 18.1 Å². The van der Waals surface area contributed by atoms with Gasteiger partial charge in [-0.3, -0.25) is 5.10 Å². The first-order valence-electron chi connectivity index (χ1n) is 4.23. The molecule has 0 atom stereocenters. The molecular formula is C9H11N3S. The van der Waals surface area contributed by atoms with E-state index in [0.29, 0.717) is 0 Å². The molecule has 0 bridgehead atoms. The molecule has 3 nitrogen and oxygen atoms in total. The van der Waals surface area contributed by atoms with E-state index >= 15 is 0 Å². The van der Waals surface area contributed by atoms with Crippen LogP contribution < -0.4 is 5.32 Å². The molecule has 0 amide bonds. The summed E-state index contributed by atoms with van der Waals surface area (Å²) >= 11 is 1.71. The van der Waals surface area contributed by atoms with Gasteiger partial charge in [0.15, 0.2) is 0 Å². The summed E-state index contributed by atoms with van der Waals surface area (Å²) in [5, 5.41) is 12.3. The smallest absolute Gasteiger partial charge is 0.148 e. The molecule has 0 aliphatic carbocycles. The van der Waals surface area contributed by atoms with Crippen LogP contribution in [0.15, 0.2) is 23.6 Å². The Bertz CT molecular complexity index is 364. The van der Waals surface area contributed by atoms with Crippen LogP contribution in [0.4, 0.5) is 5.82 Å². The van der Waals surface area contributed by atoms with Crippen molar-refractivity contribution in [1.82, 2.24) is 10.2 Å². The van der Waals surface area contributed by atoms with Gasteiger partial charge >= 0.3 is 0 Å². The molecule has 2 aromatic heterocycles. The topological polar surface area (TPSA) is 40.7 Å². The number of thiophene rings is 1. The number of H-pyrrole nitrogens is 1. The van der Waals surface area contributed by atoms with Crippen molar-refractivity contribution in [3.05, 3.63) is 23.6 Å². The zero-order valence-electron chi connectivity index (χ0n) is 7.37. The van der Waals surface area contributed by atoms with E-state index in [2.05, 4.69) is 33.9 Å². The van der Waals surface area contributed by atoms with Gasteiger partial charge in [-0.25, -0.2) is 0 Å². The quantitative estimate of drug-likeness (QED) is 0.786. The van der Waals surface area contributed by atoms with Crippen LogP contribution >= 0.6 is 11.3 Å². The predicted molar refractivity (Wildman–Crippen MR) is 56.1 cm³/mol. The van der Waals surface area contributed by atoms with Gasteiger partial charge < -0.3 is 5.32 Å². The summed E-state index contributed by atoms with van der Waals surface area (Å²) in [7, 11) is 0. The van der Waals surface area contributed by atoms with Crippen molar-refractivity contribution < 1.29 is 0 Å². The molecule has 0 fully saturated rings. The molecular weight excluding hydrogens is 182 g/mol. The standard InChI is InChI=1S/C9H11N3S/c1-2-10-9-6-7(11-12-9)8-4-3-5-13-8/h3-6H,2H2,1H3,(H2,10,11,12). The molecule has 0 unspecified atom stereocenters. The Hall–Kier alpha value is -1.29. The zero-order valence-corrected chi connectivity index (χ0v) is 8.19. The second-order valence-corrected chi connectivity index (χ2v) is 3.62. The number of hydrogen-bond donors (Lipinski definition) is 2. The van der Waals surface area contributed by atoms with Crippen LogP contribution in [0.2, 0.25) is 0 Å². The predicted octanol–water partition coefficient (Wildman–Crippen LogP) is 2.57. The Morgan fingerprint density at radius 3 is 3.23 bits per heavy atom. The van der Waals surface area contributed by atoms with Gasteiger partial charge in [0.25, 0.3) is 0 Å². The first kappa shape index (κ1) is 8.31. The Labute approximate surface area is 80.8 Å². The second kappa shape index (κ2) is 3.62. The van der Waals surface area contributed by atoms with Crippen molar-refractivity contribution >= 4 is 17.2 Å². The van der Waals surface area contributed by atoms with E-state index in [1.807, 2.05) is 12.1 Å². The third-order valence-electron chi connectivity index (χ3n) is 1.72. The highest BCUT2D eigenvalue weighted by Gasteiger charge is 2.02. The van der Waals surface area contributed by atoms with E-state index in [-0.39, 0.29) is 0 Å².